The van der Waals surface area contributed by atoms with Crippen molar-refractivity contribution in [3.05, 3.63) is 76.3 Å². The minimum atomic E-state index is -0.149. The first kappa shape index (κ1) is 22.8. The Bertz CT molecular complexity index is 1420. The highest BCUT2D eigenvalue weighted by Gasteiger charge is 2.24. The van der Waals surface area contributed by atoms with Gasteiger partial charge >= 0.3 is 0 Å². The molecule has 9 nitrogen and oxygen atoms in total. The van der Waals surface area contributed by atoms with Crippen molar-refractivity contribution in [2.45, 2.75) is 19.9 Å². The summed E-state index contributed by atoms with van der Waals surface area (Å²) in [6.07, 6.45) is 4.44. The Hall–Kier alpha value is -3.98. The fourth-order valence-corrected chi connectivity index (χ4v) is 4.45. The second-order valence-electron chi connectivity index (χ2n) is 8.35. The van der Waals surface area contributed by atoms with Gasteiger partial charge in [0.15, 0.2) is 0 Å². The lowest BCUT2D eigenvalue weighted by Gasteiger charge is -2.18. The van der Waals surface area contributed by atoms with Gasteiger partial charge in [0, 0.05) is 61.4 Å². The molecule has 0 saturated heterocycles. The summed E-state index contributed by atoms with van der Waals surface area (Å²) in [5.41, 5.74) is 4.46. The van der Waals surface area contributed by atoms with Crippen molar-refractivity contribution < 1.29 is 4.79 Å². The van der Waals surface area contributed by atoms with Crippen molar-refractivity contribution in [3.63, 3.8) is 0 Å². The van der Waals surface area contributed by atoms with Gasteiger partial charge in [0.05, 0.1) is 0 Å². The summed E-state index contributed by atoms with van der Waals surface area (Å²) < 4.78 is 1.93. The maximum atomic E-state index is 12.9. The van der Waals surface area contributed by atoms with Crippen molar-refractivity contribution in [2.24, 2.45) is 7.05 Å². The molecule has 2 aromatic carbocycles. The lowest BCUT2D eigenvalue weighted by Crippen LogP contribution is -2.23. The van der Waals surface area contributed by atoms with Crippen LogP contribution in [0.3, 0.4) is 0 Å². The lowest BCUT2D eigenvalue weighted by molar-refractivity contribution is 0.0951. The molecule has 0 radical (unpaired) electrons. The molecule has 10 heteroatoms. The van der Waals surface area contributed by atoms with Crippen LogP contribution in [0.1, 0.15) is 27.3 Å². The van der Waals surface area contributed by atoms with Gasteiger partial charge in [-0.25, -0.2) is 4.98 Å². The van der Waals surface area contributed by atoms with Gasteiger partial charge in [-0.3, -0.25) is 4.79 Å². The minimum absolute atomic E-state index is 0.149. The number of anilines is 3. The molecular formula is C25H25ClN8O. The fourth-order valence-electron chi connectivity index (χ4n) is 4.20. The molecule has 0 unspecified atom stereocenters. The van der Waals surface area contributed by atoms with Crippen LogP contribution in [0, 0.1) is 6.92 Å². The number of aromatic nitrogens is 5. The topological polar surface area (TPSA) is 101 Å². The van der Waals surface area contributed by atoms with E-state index in [4.69, 9.17) is 11.6 Å². The van der Waals surface area contributed by atoms with E-state index in [1.807, 2.05) is 61.1 Å². The molecule has 1 aliphatic rings. The quantitative estimate of drug-likeness (QED) is 0.424. The number of rotatable bonds is 6. The number of carbonyl (C=O) groups excluding carboxylic acids is 1. The van der Waals surface area contributed by atoms with E-state index < -0.39 is 0 Å². The normalized spacial score (nSPS) is 12.5. The number of halogens is 1. The molecular weight excluding hydrogens is 464 g/mol. The van der Waals surface area contributed by atoms with Crippen molar-refractivity contribution in [3.8, 4) is 11.4 Å². The number of benzene rings is 2. The molecule has 4 aromatic rings. The average molecular weight is 489 g/mol. The molecule has 2 N–H and O–H groups in total. The SMILES string of the molecule is CNc1nc(C)nc(N2CCc3cc(C(=O)NCc4ccc(-c5nccn5C)cc4Cl)ccc32)n1. The van der Waals surface area contributed by atoms with Crippen LogP contribution >= 0.6 is 11.6 Å². The maximum absolute atomic E-state index is 12.9. The van der Waals surface area contributed by atoms with Crippen LogP contribution in [0.15, 0.2) is 48.8 Å². The number of nitrogens with one attached hydrogen (secondary N) is 2. The number of nitrogens with zero attached hydrogens (tertiary/aromatic N) is 6. The highest BCUT2D eigenvalue weighted by atomic mass is 35.5. The van der Waals surface area contributed by atoms with Crippen molar-refractivity contribution in [1.29, 1.82) is 0 Å². The molecule has 0 fully saturated rings. The van der Waals surface area contributed by atoms with E-state index in [9.17, 15) is 4.79 Å². The molecule has 178 valence electrons. The summed E-state index contributed by atoms with van der Waals surface area (Å²) >= 11 is 6.50. The fraction of sp³-hybridized carbons (Fsp3) is 0.240. The van der Waals surface area contributed by atoms with Gasteiger partial charge in [-0.1, -0.05) is 23.7 Å². The number of hydrogen-bond donors (Lipinski definition) is 2. The molecule has 35 heavy (non-hydrogen) atoms. The summed E-state index contributed by atoms with van der Waals surface area (Å²) in [5.74, 6) is 2.47. The predicted octanol–water partition coefficient (Wildman–Crippen LogP) is 3.90. The summed E-state index contributed by atoms with van der Waals surface area (Å²) in [5, 5.41) is 6.53. The molecule has 1 aliphatic heterocycles. The number of fused-ring (bicyclic) bond motifs is 1. The van der Waals surface area contributed by atoms with Crippen molar-refractivity contribution in [2.75, 3.05) is 23.8 Å². The molecule has 0 aliphatic carbocycles. The number of aryl methyl sites for hydroxylation is 2. The molecule has 2 aromatic heterocycles. The second-order valence-corrected chi connectivity index (χ2v) is 8.76. The van der Waals surface area contributed by atoms with Crippen molar-refractivity contribution >= 4 is 35.1 Å². The predicted molar refractivity (Wildman–Crippen MR) is 136 cm³/mol. The number of amides is 1. The third-order valence-corrected chi connectivity index (χ3v) is 6.36. The van der Waals surface area contributed by atoms with Crippen LogP contribution in [0.2, 0.25) is 5.02 Å². The lowest BCUT2D eigenvalue weighted by atomic mass is 10.1. The third kappa shape index (κ3) is 4.54. The molecule has 0 saturated carbocycles. The average Bonchev–Trinajstić information content (AvgIpc) is 3.48. The van der Waals surface area contributed by atoms with Crippen LogP contribution in [-0.4, -0.2) is 44.0 Å². The van der Waals surface area contributed by atoms with E-state index in [1.165, 1.54) is 0 Å². The Kier molecular flexibility index (Phi) is 6.08. The Morgan fingerprint density at radius 1 is 1.14 bits per heavy atom. The zero-order valence-corrected chi connectivity index (χ0v) is 20.5. The van der Waals surface area contributed by atoms with Crippen LogP contribution in [0.5, 0.6) is 0 Å². The zero-order chi connectivity index (χ0) is 24.5. The first-order valence-electron chi connectivity index (χ1n) is 11.3. The first-order valence-corrected chi connectivity index (χ1v) is 11.7. The van der Waals surface area contributed by atoms with Gasteiger partial charge in [0.1, 0.15) is 11.6 Å². The van der Waals surface area contributed by atoms with Gasteiger partial charge in [-0.05, 0) is 48.7 Å². The standard InChI is InChI=1S/C25H25ClN8O/c1-15-30-24(27-2)32-25(31-15)34-10-8-16-12-18(6-7-21(16)34)23(35)29-14-19-5-4-17(13-20(19)26)22-28-9-11-33(22)3/h4-7,9,11-13H,8,10,14H2,1-3H3,(H,29,35)(H,27,30,31,32). The molecule has 5 rings (SSSR count). The Morgan fingerprint density at radius 3 is 2.74 bits per heavy atom. The van der Waals surface area contributed by atoms with Crippen LogP contribution < -0.4 is 15.5 Å². The van der Waals surface area contributed by atoms with E-state index in [0.717, 1.165) is 41.2 Å². The molecule has 0 spiro atoms. The zero-order valence-electron chi connectivity index (χ0n) is 19.7. The Morgan fingerprint density at radius 2 is 2.00 bits per heavy atom. The Labute approximate surface area is 208 Å². The summed E-state index contributed by atoms with van der Waals surface area (Å²) in [7, 11) is 3.72. The van der Waals surface area contributed by atoms with Gasteiger partial charge in [0.2, 0.25) is 11.9 Å². The minimum Gasteiger partial charge on any atom is -0.357 e. The second kappa shape index (κ2) is 9.34. The monoisotopic (exact) mass is 488 g/mol. The van der Waals surface area contributed by atoms with E-state index in [1.54, 1.807) is 13.2 Å². The van der Waals surface area contributed by atoms with E-state index in [-0.39, 0.29) is 5.91 Å². The van der Waals surface area contributed by atoms with Gasteiger partial charge in [-0.2, -0.15) is 15.0 Å². The van der Waals surface area contributed by atoms with E-state index in [0.29, 0.717) is 34.9 Å². The number of carbonyl (C=O) groups is 1. The molecule has 1 amide bonds. The summed E-state index contributed by atoms with van der Waals surface area (Å²) in [4.78, 5) is 32.5. The first-order chi connectivity index (χ1) is 16.9. The summed E-state index contributed by atoms with van der Waals surface area (Å²) in [6, 6.07) is 11.5. The highest BCUT2D eigenvalue weighted by Crippen LogP contribution is 2.33. The number of imidazole rings is 1. The smallest absolute Gasteiger partial charge is 0.251 e. The molecule has 0 atom stereocenters. The van der Waals surface area contributed by atoms with Crippen LogP contribution in [-0.2, 0) is 20.0 Å². The Balaban J connectivity index is 1.29. The highest BCUT2D eigenvalue weighted by molar-refractivity contribution is 6.31. The number of hydrogen-bond acceptors (Lipinski definition) is 7. The van der Waals surface area contributed by atoms with Gasteiger partial charge in [-0.15, -0.1) is 0 Å². The van der Waals surface area contributed by atoms with Gasteiger partial charge < -0.3 is 20.1 Å². The molecule has 0 bridgehead atoms. The summed E-state index contributed by atoms with van der Waals surface area (Å²) in [6.45, 7) is 2.92. The van der Waals surface area contributed by atoms with Crippen molar-refractivity contribution in [1.82, 2.24) is 29.8 Å². The van der Waals surface area contributed by atoms with Crippen LogP contribution in [0.4, 0.5) is 17.6 Å². The molecule has 3 heterocycles. The largest absolute Gasteiger partial charge is 0.357 e. The van der Waals surface area contributed by atoms with Crippen LogP contribution in [0.25, 0.3) is 11.4 Å². The van der Waals surface area contributed by atoms with E-state index >= 15 is 0 Å². The third-order valence-electron chi connectivity index (χ3n) is 6.01. The van der Waals surface area contributed by atoms with Gasteiger partial charge in [0.25, 0.3) is 5.91 Å². The van der Waals surface area contributed by atoms with E-state index in [2.05, 4.69) is 35.5 Å². The maximum Gasteiger partial charge on any atom is 0.251 e.